The maximum absolute atomic E-state index is 12.3. The molecule has 24 heavy (non-hydrogen) atoms. The number of benzene rings is 1. The van der Waals surface area contributed by atoms with Crippen LogP contribution in [0.2, 0.25) is 0 Å². The molecule has 4 heteroatoms. The molecule has 0 heterocycles. The molecule has 1 amide bonds. The average molecular weight is 331 g/mol. The molecular weight excluding hydrogens is 302 g/mol. The zero-order chi connectivity index (χ0) is 17.7. The lowest BCUT2D eigenvalue weighted by Crippen LogP contribution is -2.45. The Morgan fingerprint density at radius 3 is 2.21 bits per heavy atom. The molecule has 1 aliphatic carbocycles. The van der Waals surface area contributed by atoms with E-state index in [9.17, 15) is 14.7 Å². The molecule has 4 nitrogen and oxygen atoms in total. The van der Waals surface area contributed by atoms with E-state index in [1.54, 1.807) is 0 Å². The molecule has 2 N–H and O–H groups in total. The van der Waals surface area contributed by atoms with E-state index in [4.69, 9.17) is 0 Å². The number of aliphatic carboxylic acids is 1. The van der Waals surface area contributed by atoms with Crippen LogP contribution in [0.25, 0.3) is 0 Å². The lowest BCUT2D eigenvalue weighted by molar-refractivity contribution is -0.142. The second-order valence-electron chi connectivity index (χ2n) is 7.89. The van der Waals surface area contributed by atoms with Gasteiger partial charge in [-0.15, -0.1) is 0 Å². The van der Waals surface area contributed by atoms with E-state index in [1.165, 1.54) is 12.0 Å². The number of amides is 1. The Morgan fingerprint density at radius 2 is 1.71 bits per heavy atom. The Kier molecular flexibility index (Phi) is 6.03. The number of rotatable bonds is 5. The summed E-state index contributed by atoms with van der Waals surface area (Å²) in [5, 5.41) is 12.2. The minimum atomic E-state index is -0.973. The molecule has 1 aromatic rings. The van der Waals surface area contributed by atoms with Gasteiger partial charge in [0, 0.05) is 12.3 Å². The lowest BCUT2D eigenvalue weighted by atomic mass is 9.86. The Hall–Kier alpha value is -1.84. The Bertz CT molecular complexity index is 566. The quantitative estimate of drug-likeness (QED) is 0.865. The standard InChI is InChI=1S/C20H29NO3/c1-20(2,3)16-11-9-14(10-12-16)13-17(19(23)24)21-18(22)15-7-5-4-6-8-15/h9-12,15,17H,4-8,13H2,1-3H3,(H,21,22)(H,23,24)/t17-/m0/s1. The zero-order valence-electron chi connectivity index (χ0n) is 15.0. The summed E-state index contributed by atoms with van der Waals surface area (Å²) in [5.41, 5.74) is 2.21. The number of carbonyl (C=O) groups is 2. The highest BCUT2D eigenvalue weighted by Gasteiger charge is 2.26. The summed E-state index contributed by atoms with van der Waals surface area (Å²) in [7, 11) is 0. The fourth-order valence-electron chi connectivity index (χ4n) is 3.23. The number of carbonyl (C=O) groups excluding carboxylic acids is 1. The fourth-order valence-corrected chi connectivity index (χ4v) is 3.23. The SMILES string of the molecule is CC(C)(C)c1ccc(C[C@H](NC(=O)C2CCCCC2)C(=O)O)cc1. The van der Waals surface area contributed by atoms with Crippen LogP contribution in [0.15, 0.2) is 24.3 Å². The van der Waals surface area contributed by atoms with Gasteiger partial charge in [0.05, 0.1) is 0 Å². The molecule has 2 rings (SSSR count). The highest BCUT2D eigenvalue weighted by molar-refractivity contribution is 5.85. The molecule has 132 valence electrons. The first-order valence-electron chi connectivity index (χ1n) is 8.90. The molecular formula is C20H29NO3. The highest BCUT2D eigenvalue weighted by Crippen LogP contribution is 2.24. The van der Waals surface area contributed by atoms with Gasteiger partial charge < -0.3 is 10.4 Å². The first kappa shape index (κ1) is 18.5. The van der Waals surface area contributed by atoms with Crippen molar-refractivity contribution in [2.75, 3.05) is 0 Å². The predicted octanol–water partition coefficient (Wildman–Crippen LogP) is 3.68. The van der Waals surface area contributed by atoms with Crippen molar-refractivity contribution in [1.82, 2.24) is 5.32 Å². The summed E-state index contributed by atoms with van der Waals surface area (Å²) in [6, 6.07) is 7.14. The van der Waals surface area contributed by atoms with Crippen molar-refractivity contribution in [3.05, 3.63) is 35.4 Å². The van der Waals surface area contributed by atoms with Gasteiger partial charge in [-0.1, -0.05) is 64.3 Å². The second-order valence-corrected chi connectivity index (χ2v) is 7.89. The largest absolute Gasteiger partial charge is 0.480 e. The van der Waals surface area contributed by atoms with Gasteiger partial charge in [0.2, 0.25) is 5.91 Å². The third-order valence-corrected chi connectivity index (χ3v) is 4.85. The van der Waals surface area contributed by atoms with Crippen LogP contribution < -0.4 is 5.32 Å². The molecule has 1 saturated carbocycles. The summed E-state index contributed by atoms with van der Waals surface area (Å²) < 4.78 is 0. The number of nitrogens with one attached hydrogen (secondary N) is 1. The van der Waals surface area contributed by atoms with Crippen molar-refractivity contribution < 1.29 is 14.7 Å². The van der Waals surface area contributed by atoms with Crippen LogP contribution in [0, 0.1) is 5.92 Å². The summed E-state index contributed by atoms with van der Waals surface area (Å²) in [6.45, 7) is 6.44. The summed E-state index contributed by atoms with van der Waals surface area (Å²) in [4.78, 5) is 23.8. The highest BCUT2D eigenvalue weighted by atomic mass is 16.4. The first-order chi connectivity index (χ1) is 11.3. The lowest BCUT2D eigenvalue weighted by Gasteiger charge is -2.23. The summed E-state index contributed by atoms with van der Waals surface area (Å²) in [5.74, 6) is -1.10. The molecule has 0 aromatic heterocycles. The van der Waals surface area contributed by atoms with E-state index < -0.39 is 12.0 Å². The van der Waals surface area contributed by atoms with Crippen LogP contribution in [0.1, 0.15) is 64.0 Å². The van der Waals surface area contributed by atoms with Crippen LogP contribution in [0.5, 0.6) is 0 Å². The predicted molar refractivity (Wildman–Crippen MR) is 95.0 cm³/mol. The summed E-state index contributed by atoms with van der Waals surface area (Å²) in [6.07, 6.45) is 5.36. The fraction of sp³-hybridized carbons (Fsp3) is 0.600. The first-order valence-corrected chi connectivity index (χ1v) is 8.90. The van der Waals surface area contributed by atoms with E-state index in [0.717, 1.165) is 31.2 Å². The van der Waals surface area contributed by atoms with Crippen molar-refractivity contribution in [2.45, 2.75) is 70.8 Å². The minimum absolute atomic E-state index is 0.0242. The molecule has 1 atom stereocenters. The van der Waals surface area contributed by atoms with Crippen molar-refractivity contribution in [3.63, 3.8) is 0 Å². The van der Waals surface area contributed by atoms with Crippen molar-refractivity contribution >= 4 is 11.9 Å². The topological polar surface area (TPSA) is 66.4 Å². The summed E-state index contributed by atoms with van der Waals surface area (Å²) >= 11 is 0. The molecule has 0 spiro atoms. The van der Waals surface area contributed by atoms with Crippen LogP contribution in [-0.2, 0) is 21.4 Å². The molecule has 0 unspecified atom stereocenters. The van der Waals surface area contributed by atoms with Gasteiger partial charge >= 0.3 is 5.97 Å². The van der Waals surface area contributed by atoms with Crippen molar-refractivity contribution in [1.29, 1.82) is 0 Å². The van der Waals surface area contributed by atoms with Gasteiger partial charge in [0.25, 0.3) is 0 Å². The molecule has 1 aromatic carbocycles. The van der Waals surface area contributed by atoms with Crippen LogP contribution in [0.3, 0.4) is 0 Å². The van der Waals surface area contributed by atoms with Gasteiger partial charge in [-0.3, -0.25) is 4.79 Å². The maximum atomic E-state index is 12.3. The van der Waals surface area contributed by atoms with E-state index in [0.29, 0.717) is 6.42 Å². The van der Waals surface area contributed by atoms with Crippen molar-refractivity contribution in [2.24, 2.45) is 5.92 Å². The smallest absolute Gasteiger partial charge is 0.326 e. The van der Waals surface area contributed by atoms with E-state index in [-0.39, 0.29) is 17.2 Å². The molecule has 0 saturated heterocycles. The number of hydrogen-bond donors (Lipinski definition) is 2. The van der Waals surface area contributed by atoms with Gasteiger partial charge in [0.15, 0.2) is 0 Å². The third kappa shape index (κ3) is 5.08. The molecule has 0 bridgehead atoms. The third-order valence-electron chi connectivity index (χ3n) is 4.85. The van der Waals surface area contributed by atoms with Crippen molar-refractivity contribution in [3.8, 4) is 0 Å². The molecule has 1 fully saturated rings. The average Bonchev–Trinajstić information content (AvgIpc) is 2.54. The Labute approximate surface area is 144 Å². The zero-order valence-corrected chi connectivity index (χ0v) is 15.0. The number of carboxylic acid groups (broad SMARTS) is 1. The van der Waals surface area contributed by atoms with Crippen LogP contribution >= 0.6 is 0 Å². The number of hydrogen-bond acceptors (Lipinski definition) is 2. The minimum Gasteiger partial charge on any atom is -0.480 e. The Balaban J connectivity index is 2.00. The molecule has 1 aliphatic rings. The van der Waals surface area contributed by atoms with Crippen LogP contribution in [-0.4, -0.2) is 23.0 Å². The molecule has 0 radical (unpaired) electrons. The van der Waals surface area contributed by atoms with Crippen LogP contribution in [0.4, 0.5) is 0 Å². The normalized spacial score (nSPS) is 17.3. The number of carboxylic acids is 1. The van der Waals surface area contributed by atoms with E-state index in [2.05, 4.69) is 26.1 Å². The van der Waals surface area contributed by atoms with E-state index in [1.807, 2.05) is 24.3 Å². The second kappa shape index (κ2) is 7.82. The monoisotopic (exact) mass is 331 g/mol. The van der Waals surface area contributed by atoms with Gasteiger partial charge in [-0.2, -0.15) is 0 Å². The van der Waals surface area contributed by atoms with E-state index >= 15 is 0 Å². The van der Waals surface area contributed by atoms with Gasteiger partial charge in [0.1, 0.15) is 6.04 Å². The van der Waals surface area contributed by atoms with Gasteiger partial charge in [-0.25, -0.2) is 4.79 Å². The maximum Gasteiger partial charge on any atom is 0.326 e. The van der Waals surface area contributed by atoms with Gasteiger partial charge in [-0.05, 0) is 29.4 Å². The Morgan fingerprint density at radius 1 is 1.12 bits per heavy atom. The molecule has 0 aliphatic heterocycles.